The van der Waals surface area contributed by atoms with Crippen LogP contribution >= 0.6 is 0 Å². The number of benzene rings is 2. The van der Waals surface area contributed by atoms with Gasteiger partial charge in [0, 0.05) is 24.3 Å². The van der Waals surface area contributed by atoms with Crippen LogP contribution in [0, 0.1) is 0 Å². The van der Waals surface area contributed by atoms with Gasteiger partial charge < -0.3 is 9.64 Å². The van der Waals surface area contributed by atoms with Gasteiger partial charge in [-0.2, -0.15) is 5.10 Å². The summed E-state index contributed by atoms with van der Waals surface area (Å²) < 4.78 is 5.07. The molecule has 24 heavy (non-hydrogen) atoms. The molecule has 1 amide bonds. The Morgan fingerprint density at radius 3 is 2.25 bits per heavy atom. The standard InChI is InChI=1S/C19H23N3O2/c1-4-22(5-2)17-10-6-15(7-11-17)14-20-21-19(23)16-8-12-18(24-3)13-9-16/h6-14H,4-5H2,1-3H3,(H,21,23)/b20-14+. The van der Waals surface area contributed by atoms with Crippen LogP contribution in [-0.4, -0.2) is 32.3 Å². The van der Waals surface area contributed by atoms with E-state index in [2.05, 4.69) is 41.4 Å². The molecular formula is C19H23N3O2. The van der Waals surface area contributed by atoms with Crippen molar-refractivity contribution in [1.29, 1.82) is 0 Å². The van der Waals surface area contributed by atoms with Crippen LogP contribution in [0.25, 0.3) is 0 Å². The highest BCUT2D eigenvalue weighted by Crippen LogP contribution is 2.14. The number of nitrogens with one attached hydrogen (secondary N) is 1. The number of carbonyl (C=O) groups excluding carboxylic acids is 1. The zero-order valence-electron chi connectivity index (χ0n) is 14.3. The van der Waals surface area contributed by atoms with Crippen molar-refractivity contribution in [3.63, 3.8) is 0 Å². The van der Waals surface area contributed by atoms with Gasteiger partial charge in [-0.05, 0) is 55.8 Å². The molecular weight excluding hydrogens is 302 g/mol. The van der Waals surface area contributed by atoms with Gasteiger partial charge >= 0.3 is 0 Å². The lowest BCUT2D eigenvalue weighted by Gasteiger charge is -2.20. The van der Waals surface area contributed by atoms with E-state index in [1.165, 1.54) is 5.69 Å². The van der Waals surface area contributed by atoms with E-state index >= 15 is 0 Å². The third kappa shape index (κ3) is 4.59. The second-order valence-corrected chi connectivity index (χ2v) is 5.19. The molecule has 0 spiro atoms. The minimum Gasteiger partial charge on any atom is -0.497 e. The predicted molar refractivity (Wildman–Crippen MR) is 98.1 cm³/mol. The molecule has 0 fully saturated rings. The SMILES string of the molecule is CCN(CC)c1ccc(/C=N/NC(=O)c2ccc(OC)cc2)cc1. The third-order valence-corrected chi connectivity index (χ3v) is 3.75. The van der Waals surface area contributed by atoms with Gasteiger partial charge in [-0.25, -0.2) is 5.43 Å². The molecule has 0 unspecified atom stereocenters. The molecule has 0 radical (unpaired) electrons. The van der Waals surface area contributed by atoms with Gasteiger partial charge in [0.2, 0.25) is 0 Å². The molecule has 0 aromatic heterocycles. The van der Waals surface area contributed by atoms with Crippen molar-refractivity contribution in [3.05, 3.63) is 59.7 Å². The van der Waals surface area contributed by atoms with E-state index < -0.39 is 0 Å². The molecule has 5 nitrogen and oxygen atoms in total. The molecule has 2 aromatic rings. The summed E-state index contributed by atoms with van der Waals surface area (Å²) in [5, 5.41) is 4.01. The van der Waals surface area contributed by atoms with Crippen LogP contribution in [0.15, 0.2) is 53.6 Å². The summed E-state index contributed by atoms with van der Waals surface area (Å²) in [5.41, 5.74) is 5.17. The second kappa shape index (κ2) is 8.72. The first-order valence-electron chi connectivity index (χ1n) is 8.00. The number of anilines is 1. The van der Waals surface area contributed by atoms with Gasteiger partial charge in [-0.3, -0.25) is 4.79 Å². The molecule has 2 aromatic carbocycles. The van der Waals surface area contributed by atoms with E-state index in [9.17, 15) is 4.79 Å². The minimum absolute atomic E-state index is 0.256. The lowest BCUT2D eigenvalue weighted by molar-refractivity contribution is 0.0955. The quantitative estimate of drug-likeness (QED) is 0.628. The maximum absolute atomic E-state index is 12.0. The average Bonchev–Trinajstić information content (AvgIpc) is 2.64. The first-order chi connectivity index (χ1) is 11.7. The van der Waals surface area contributed by atoms with Crippen molar-refractivity contribution in [2.45, 2.75) is 13.8 Å². The molecule has 0 aliphatic rings. The largest absolute Gasteiger partial charge is 0.497 e. The van der Waals surface area contributed by atoms with Gasteiger partial charge in [-0.1, -0.05) is 12.1 Å². The zero-order valence-corrected chi connectivity index (χ0v) is 14.3. The maximum Gasteiger partial charge on any atom is 0.271 e. The highest BCUT2D eigenvalue weighted by atomic mass is 16.5. The van der Waals surface area contributed by atoms with Crippen molar-refractivity contribution in [3.8, 4) is 5.75 Å². The summed E-state index contributed by atoms with van der Waals surface area (Å²) in [4.78, 5) is 14.3. The van der Waals surface area contributed by atoms with Crippen LogP contribution in [0.2, 0.25) is 0 Å². The molecule has 0 atom stereocenters. The molecule has 0 aliphatic carbocycles. The van der Waals surface area contributed by atoms with Crippen molar-refractivity contribution in [2.24, 2.45) is 5.10 Å². The number of ether oxygens (including phenoxy) is 1. The average molecular weight is 325 g/mol. The topological polar surface area (TPSA) is 53.9 Å². The van der Waals surface area contributed by atoms with Gasteiger partial charge in [0.05, 0.1) is 13.3 Å². The molecule has 2 rings (SSSR count). The lowest BCUT2D eigenvalue weighted by atomic mass is 10.2. The number of amides is 1. The molecule has 5 heteroatoms. The summed E-state index contributed by atoms with van der Waals surface area (Å²) in [5.74, 6) is 0.456. The number of hydrazone groups is 1. The van der Waals surface area contributed by atoms with Crippen molar-refractivity contribution < 1.29 is 9.53 Å². The fraction of sp³-hybridized carbons (Fsp3) is 0.263. The molecule has 126 valence electrons. The van der Waals surface area contributed by atoms with Crippen molar-refractivity contribution in [1.82, 2.24) is 5.43 Å². The number of rotatable bonds is 7. The van der Waals surface area contributed by atoms with E-state index in [1.54, 1.807) is 37.6 Å². The van der Waals surface area contributed by atoms with Crippen LogP contribution in [-0.2, 0) is 0 Å². The predicted octanol–water partition coefficient (Wildman–Crippen LogP) is 3.31. The molecule has 0 saturated heterocycles. The number of methoxy groups -OCH3 is 1. The Bertz CT molecular complexity index is 675. The molecule has 0 saturated carbocycles. The van der Waals surface area contributed by atoms with Crippen molar-refractivity contribution >= 4 is 17.8 Å². The van der Waals surface area contributed by atoms with Crippen LogP contribution in [0.4, 0.5) is 5.69 Å². The Morgan fingerprint density at radius 1 is 1.08 bits per heavy atom. The summed E-state index contributed by atoms with van der Waals surface area (Å²) in [6, 6.07) is 15.0. The van der Waals surface area contributed by atoms with E-state index in [0.29, 0.717) is 11.3 Å². The molecule has 0 bridgehead atoms. The number of hydrogen-bond acceptors (Lipinski definition) is 4. The van der Waals surface area contributed by atoms with Crippen LogP contribution < -0.4 is 15.1 Å². The Morgan fingerprint density at radius 2 is 1.71 bits per heavy atom. The van der Waals surface area contributed by atoms with Crippen LogP contribution in [0.5, 0.6) is 5.75 Å². The van der Waals surface area contributed by atoms with Gasteiger partial charge in [0.1, 0.15) is 5.75 Å². The summed E-state index contributed by atoms with van der Waals surface area (Å²) in [7, 11) is 1.59. The molecule has 0 heterocycles. The van der Waals surface area contributed by atoms with Crippen molar-refractivity contribution in [2.75, 3.05) is 25.1 Å². The fourth-order valence-corrected chi connectivity index (χ4v) is 2.33. The summed E-state index contributed by atoms with van der Waals surface area (Å²) >= 11 is 0. The Labute approximate surface area is 142 Å². The first-order valence-corrected chi connectivity index (χ1v) is 8.00. The number of nitrogens with zero attached hydrogens (tertiary/aromatic N) is 2. The summed E-state index contributed by atoms with van der Waals surface area (Å²) in [6.45, 7) is 6.21. The zero-order chi connectivity index (χ0) is 17.4. The monoisotopic (exact) mass is 325 g/mol. The second-order valence-electron chi connectivity index (χ2n) is 5.19. The Hall–Kier alpha value is -2.82. The lowest BCUT2D eigenvalue weighted by Crippen LogP contribution is -2.21. The maximum atomic E-state index is 12.0. The normalized spacial score (nSPS) is 10.6. The highest BCUT2D eigenvalue weighted by molar-refractivity contribution is 5.95. The first kappa shape index (κ1) is 17.5. The smallest absolute Gasteiger partial charge is 0.271 e. The van der Waals surface area contributed by atoms with E-state index in [4.69, 9.17) is 4.74 Å². The highest BCUT2D eigenvalue weighted by Gasteiger charge is 2.04. The van der Waals surface area contributed by atoms with E-state index in [0.717, 1.165) is 18.7 Å². The van der Waals surface area contributed by atoms with E-state index in [1.807, 2.05) is 12.1 Å². The minimum atomic E-state index is -0.256. The fourth-order valence-electron chi connectivity index (χ4n) is 2.33. The van der Waals surface area contributed by atoms with Crippen LogP contribution in [0.1, 0.15) is 29.8 Å². The van der Waals surface area contributed by atoms with Gasteiger partial charge in [0.25, 0.3) is 5.91 Å². The number of hydrogen-bond donors (Lipinski definition) is 1. The summed E-state index contributed by atoms with van der Waals surface area (Å²) in [6.07, 6.45) is 1.63. The molecule has 1 N–H and O–H groups in total. The third-order valence-electron chi connectivity index (χ3n) is 3.75. The van der Waals surface area contributed by atoms with E-state index in [-0.39, 0.29) is 5.91 Å². The van der Waals surface area contributed by atoms with Crippen LogP contribution in [0.3, 0.4) is 0 Å². The van der Waals surface area contributed by atoms with Gasteiger partial charge in [-0.15, -0.1) is 0 Å². The van der Waals surface area contributed by atoms with Gasteiger partial charge in [0.15, 0.2) is 0 Å². The molecule has 0 aliphatic heterocycles. The number of carbonyl (C=O) groups is 1. The Balaban J connectivity index is 1.94. The Kier molecular flexibility index (Phi) is 6.37.